The maximum atomic E-state index is 12.3. The van der Waals surface area contributed by atoms with Crippen LogP contribution in [0.1, 0.15) is 58.8 Å². The highest BCUT2D eigenvalue weighted by molar-refractivity contribution is 8.00. The van der Waals surface area contributed by atoms with E-state index in [1.54, 1.807) is 13.8 Å². The minimum absolute atomic E-state index is 0.202. The van der Waals surface area contributed by atoms with E-state index in [1.165, 1.54) is 18.2 Å². The predicted octanol–water partition coefficient (Wildman–Crippen LogP) is 3.29. The zero-order valence-corrected chi connectivity index (χ0v) is 18.1. The first kappa shape index (κ1) is 24.7. The highest BCUT2D eigenvalue weighted by atomic mass is 32.2. The number of hydrogen-bond acceptors (Lipinski definition) is 7. The van der Waals surface area contributed by atoms with Crippen LogP contribution in [0.4, 0.5) is 0 Å². The van der Waals surface area contributed by atoms with E-state index in [4.69, 9.17) is 9.47 Å². The third kappa shape index (κ3) is 10.9. The van der Waals surface area contributed by atoms with Crippen molar-refractivity contribution in [2.75, 3.05) is 31.3 Å². The van der Waals surface area contributed by atoms with Crippen molar-refractivity contribution in [3.63, 3.8) is 0 Å². The Morgan fingerprint density at radius 3 is 2.46 bits per heavy atom. The normalized spacial score (nSPS) is 16.1. The zero-order valence-electron chi connectivity index (χ0n) is 17.2. The van der Waals surface area contributed by atoms with Crippen molar-refractivity contribution in [1.29, 1.82) is 0 Å². The van der Waals surface area contributed by atoms with Gasteiger partial charge in [-0.15, -0.1) is 11.8 Å². The average Bonchev–Trinajstić information content (AvgIpc) is 2.70. The van der Waals surface area contributed by atoms with Crippen LogP contribution >= 0.6 is 11.8 Å². The largest absolute Gasteiger partial charge is 0.465 e. The fourth-order valence-electron chi connectivity index (χ4n) is 3.22. The lowest BCUT2D eigenvalue weighted by atomic mass is 9.85. The van der Waals surface area contributed by atoms with Gasteiger partial charge in [0.05, 0.1) is 19.0 Å². The summed E-state index contributed by atoms with van der Waals surface area (Å²) >= 11 is 1.47. The number of hydrogen-bond donors (Lipinski definition) is 1. The molecule has 0 radical (unpaired) electrons. The van der Waals surface area contributed by atoms with E-state index in [0.717, 1.165) is 25.7 Å². The van der Waals surface area contributed by atoms with Crippen LogP contribution in [0.15, 0.2) is 12.2 Å². The molecule has 1 saturated carbocycles. The molecule has 0 aliphatic heterocycles. The number of ketones is 1. The summed E-state index contributed by atoms with van der Waals surface area (Å²) in [6.07, 6.45) is 10.3. The molecule has 1 unspecified atom stereocenters. The molecule has 160 valence electrons. The third-order valence-corrected chi connectivity index (χ3v) is 5.54. The summed E-state index contributed by atoms with van der Waals surface area (Å²) in [6.45, 7) is 4.78. The van der Waals surface area contributed by atoms with Crippen molar-refractivity contribution >= 4 is 29.5 Å². The summed E-state index contributed by atoms with van der Waals surface area (Å²) in [4.78, 5) is 35.7. The molecule has 28 heavy (non-hydrogen) atoms. The minimum atomic E-state index is -0.453. The summed E-state index contributed by atoms with van der Waals surface area (Å²) in [5.74, 6) is 0.995. The Bertz CT molecular complexity index is 503. The van der Waals surface area contributed by atoms with E-state index in [0.29, 0.717) is 49.9 Å². The molecule has 1 aliphatic carbocycles. The van der Waals surface area contributed by atoms with E-state index in [-0.39, 0.29) is 17.9 Å². The van der Waals surface area contributed by atoms with Gasteiger partial charge in [-0.3, -0.25) is 14.4 Å². The Hall–Kier alpha value is -1.34. The highest BCUT2D eigenvalue weighted by Gasteiger charge is 2.22. The van der Waals surface area contributed by atoms with Gasteiger partial charge >= 0.3 is 11.9 Å². The van der Waals surface area contributed by atoms with Gasteiger partial charge in [-0.25, -0.2) is 0 Å². The first-order valence-electron chi connectivity index (χ1n) is 10.4. The molecule has 1 N–H and O–H groups in total. The maximum absolute atomic E-state index is 12.3. The van der Waals surface area contributed by atoms with Crippen LogP contribution in [0.25, 0.3) is 0 Å². The van der Waals surface area contributed by atoms with Crippen molar-refractivity contribution in [3.8, 4) is 0 Å². The first-order valence-corrected chi connectivity index (χ1v) is 11.5. The van der Waals surface area contributed by atoms with E-state index in [9.17, 15) is 14.4 Å². The fraction of sp³-hybridized carbons (Fsp3) is 0.762. The molecule has 0 spiro atoms. The molecule has 0 saturated heterocycles. The summed E-state index contributed by atoms with van der Waals surface area (Å²) in [5, 5.41) is 3.17. The molecule has 1 fully saturated rings. The van der Waals surface area contributed by atoms with Crippen molar-refractivity contribution in [3.05, 3.63) is 12.2 Å². The van der Waals surface area contributed by atoms with Crippen LogP contribution in [0.5, 0.6) is 0 Å². The first-order chi connectivity index (χ1) is 13.6. The van der Waals surface area contributed by atoms with Gasteiger partial charge in [-0.2, -0.15) is 0 Å². The number of rotatable bonds is 14. The smallest absolute Gasteiger partial charge is 0.323 e. The Labute approximate surface area is 173 Å². The second-order valence-electron chi connectivity index (χ2n) is 6.84. The molecule has 1 aliphatic rings. The molecule has 0 amide bonds. The van der Waals surface area contributed by atoms with Crippen molar-refractivity contribution < 1.29 is 23.9 Å². The number of thioether (sulfide) groups is 1. The Kier molecular flexibility index (Phi) is 13.7. The van der Waals surface area contributed by atoms with Crippen LogP contribution in [-0.2, 0) is 23.9 Å². The fourth-order valence-corrected chi connectivity index (χ4v) is 3.86. The molecule has 0 aromatic rings. The average molecular weight is 414 g/mol. The van der Waals surface area contributed by atoms with Gasteiger partial charge in [0.15, 0.2) is 0 Å². The zero-order chi connectivity index (χ0) is 20.6. The number of ether oxygens (including phenoxy) is 2. The summed E-state index contributed by atoms with van der Waals surface area (Å²) in [7, 11) is 0. The number of esters is 2. The standard InChI is InChI=1S/C21H35NO5S/c1-3-26-20(24)16-28-15-9-8-12-18(21(25)27-4-2)22-14-13-19(23)17-10-6-5-7-11-17/h8-9,17-18,22H,3-7,10-16H2,1-2H3/b9-8+. The molecule has 0 bridgehead atoms. The van der Waals surface area contributed by atoms with Gasteiger partial charge in [0.25, 0.3) is 0 Å². The molecule has 7 heteroatoms. The van der Waals surface area contributed by atoms with Crippen LogP contribution in [0.2, 0.25) is 0 Å². The van der Waals surface area contributed by atoms with E-state index < -0.39 is 6.04 Å². The molecule has 6 nitrogen and oxygen atoms in total. The van der Waals surface area contributed by atoms with Gasteiger partial charge in [0.2, 0.25) is 0 Å². The topological polar surface area (TPSA) is 81.7 Å². The molecule has 1 atom stereocenters. The number of carbonyl (C=O) groups excluding carboxylic acids is 3. The Morgan fingerprint density at radius 2 is 1.79 bits per heavy atom. The monoisotopic (exact) mass is 413 g/mol. The SMILES string of the molecule is CCOC(=O)CSC/C=C/CC(NCCC(=O)C1CCCCC1)C(=O)OCC. The van der Waals surface area contributed by atoms with Gasteiger partial charge in [0.1, 0.15) is 11.8 Å². The van der Waals surface area contributed by atoms with Crippen molar-refractivity contribution in [2.24, 2.45) is 5.92 Å². The van der Waals surface area contributed by atoms with Crippen LogP contribution in [0, 0.1) is 5.92 Å². The van der Waals surface area contributed by atoms with Gasteiger partial charge in [0, 0.05) is 24.6 Å². The van der Waals surface area contributed by atoms with Crippen molar-refractivity contribution in [2.45, 2.75) is 64.8 Å². The maximum Gasteiger partial charge on any atom is 0.323 e. The lowest BCUT2D eigenvalue weighted by molar-refractivity contribution is -0.145. The van der Waals surface area contributed by atoms with Gasteiger partial charge < -0.3 is 14.8 Å². The Morgan fingerprint density at radius 1 is 1.07 bits per heavy atom. The molecule has 0 heterocycles. The predicted molar refractivity (Wildman–Crippen MR) is 112 cm³/mol. The molecule has 0 aromatic carbocycles. The minimum Gasteiger partial charge on any atom is -0.465 e. The van der Waals surface area contributed by atoms with E-state index >= 15 is 0 Å². The van der Waals surface area contributed by atoms with E-state index in [2.05, 4.69) is 5.32 Å². The van der Waals surface area contributed by atoms with Crippen LogP contribution < -0.4 is 5.32 Å². The number of Topliss-reactive ketones (excluding diaryl/α,β-unsaturated/α-hetero) is 1. The molecule has 1 rings (SSSR count). The van der Waals surface area contributed by atoms with Crippen molar-refractivity contribution in [1.82, 2.24) is 5.32 Å². The molecular weight excluding hydrogens is 378 g/mol. The van der Waals surface area contributed by atoms with Gasteiger partial charge in [-0.1, -0.05) is 31.4 Å². The van der Waals surface area contributed by atoms with Crippen LogP contribution in [0.3, 0.4) is 0 Å². The van der Waals surface area contributed by atoms with Crippen LogP contribution in [-0.4, -0.2) is 55.0 Å². The second-order valence-corrected chi connectivity index (χ2v) is 7.87. The molecular formula is C21H35NO5S. The lowest BCUT2D eigenvalue weighted by Crippen LogP contribution is -2.39. The Balaban J connectivity index is 2.32. The third-order valence-electron chi connectivity index (χ3n) is 4.67. The highest BCUT2D eigenvalue weighted by Crippen LogP contribution is 2.25. The second kappa shape index (κ2) is 15.6. The summed E-state index contributed by atoms with van der Waals surface area (Å²) < 4.78 is 10.00. The lowest BCUT2D eigenvalue weighted by Gasteiger charge is -2.21. The van der Waals surface area contributed by atoms with E-state index in [1.807, 2.05) is 12.2 Å². The van der Waals surface area contributed by atoms with Gasteiger partial charge in [-0.05, 0) is 33.1 Å². The number of nitrogens with one attached hydrogen (secondary N) is 1. The molecule has 0 aromatic heterocycles. The quantitative estimate of drug-likeness (QED) is 0.266. The number of carbonyl (C=O) groups is 3. The summed E-state index contributed by atoms with van der Waals surface area (Å²) in [6, 6.07) is -0.453. The summed E-state index contributed by atoms with van der Waals surface area (Å²) in [5.41, 5.74) is 0.